The number of nitrogens with one attached hydrogen (secondary N) is 1. The van der Waals surface area contributed by atoms with Gasteiger partial charge >= 0.3 is 7.82 Å². The van der Waals surface area contributed by atoms with Crippen LogP contribution in [0, 0.1) is 0 Å². The molecular weight excluding hydrogens is 756 g/mol. The number of phosphoric ester groups is 1. The average Bonchev–Trinajstić information content (AvgIpc) is 3.19. The van der Waals surface area contributed by atoms with Gasteiger partial charge in [-0.1, -0.05) is 238 Å². The molecule has 0 radical (unpaired) electrons. The van der Waals surface area contributed by atoms with Gasteiger partial charge in [0, 0.05) is 6.42 Å². The summed E-state index contributed by atoms with van der Waals surface area (Å²) in [4.78, 5) is 23.1. The van der Waals surface area contributed by atoms with Crippen LogP contribution in [0.3, 0.4) is 0 Å². The number of phosphoric acid groups is 1. The molecule has 0 spiro atoms. The van der Waals surface area contributed by atoms with E-state index >= 15 is 0 Å². The van der Waals surface area contributed by atoms with Gasteiger partial charge in [0.25, 0.3) is 0 Å². The Labute approximate surface area is 367 Å². The molecule has 3 atom stereocenters. The fraction of sp³-hybridized carbons (Fsp3) is 0.940. The lowest BCUT2D eigenvalue weighted by molar-refractivity contribution is -0.870. The molecule has 0 aromatic rings. The van der Waals surface area contributed by atoms with E-state index in [1.165, 1.54) is 199 Å². The molecule has 352 valence electrons. The van der Waals surface area contributed by atoms with Gasteiger partial charge in [0.1, 0.15) is 13.2 Å². The zero-order valence-electron chi connectivity index (χ0n) is 40.0. The molecule has 3 unspecified atom stereocenters. The minimum Gasteiger partial charge on any atom is -0.387 e. The van der Waals surface area contributed by atoms with E-state index in [0.717, 1.165) is 32.1 Å². The predicted octanol–water partition coefficient (Wildman–Crippen LogP) is 14.7. The maximum atomic E-state index is 12.8. The van der Waals surface area contributed by atoms with Gasteiger partial charge in [0.15, 0.2) is 0 Å². The first kappa shape index (κ1) is 58.2. The van der Waals surface area contributed by atoms with E-state index in [2.05, 4.69) is 19.2 Å². The van der Waals surface area contributed by atoms with E-state index in [1.54, 1.807) is 6.08 Å². The summed E-state index contributed by atoms with van der Waals surface area (Å²) in [7, 11) is 1.58. The summed E-state index contributed by atoms with van der Waals surface area (Å²) in [5.41, 5.74) is 0. The van der Waals surface area contributed by atoms with Crippen molar-refractivity contribution in [2.45, 2.75) is 264 Å². The predicted molar refractivity (Wildman–Crippen MR) is 254 cm³/mol. The van der Waals surface area contributed by atoms with Gasteiger partial charge in [0.05, 0.1) is 39.9 Å². The summed E-state index contributed by atoms with van der Waals surface area (Å²) in [5.74, 6) is -0.178. The van der Waals surface area contributed by atoms with E-state index < -0.39 is 20.0 Å². The Bertz CT molecular complexity index is 974. The second kappa shape index (κ2) is 42.5. The van der Waals surface area contributed by atoms with E-state index in [1.807, 2.05) is 27.2 Å². The largest absolute Gasteiger partial charge is 0.472 e. The number of aliphatic hydroxyl groups excluding tert-OH is 1. The number of nitrogens with zero attached hydrogens (tertiary/aromatic N) is 1. The molecule has 0 saturated carbocycles. The van der Waals surface area contributed by atoms with Crippen LogP contribution >= 0.6 is 7.82 Å². The highest BCUT2D eigenvalue weighted by atomic mass is 31.2. The standard InChI is InChI=1S/C50H101N2O6P/c1-6-8-10-12-14-16-17-18-19-20-21-22-23-24-25-26-27-28-29-30-31-32-33-34-36-37-39-41-43-49(53)48(47-58-59(55,56)57-46-45-52(3,4)5)51-50(54)44-42-40-38-35-15-13-11-9-7-2/h41,43,48-49,53H,6-40,42,44-47H2,1-5H3,(H-,51,54,55,56)/p+1/b43-41+. The Hall–Kier alpha value is -0.760. The quantitative estimate of drug-likeness (QED) is 0.0244. The van der Waals surface area contributed by atoms with E-state index in [-0.39, 0.29) is 19.1 Å². The van der Waals surface area contributed by atoms with Gasteiger partial charge in [-0.2, -0.15) is 0 Å². The molecule has 59 heavy (non-hydrogen) atoms. The summed E-state index contributed by atoms with van der Waals surface area (Å²) < 4.78 is 23.6. The first-order chi connectivity index (χ1) is 28.5. The van der Waals surface area contributed by atoms with E-state index in [0.29, 0.717) is 17.4 Å². The molecule has 0 aliphatic heterocycles. The molecule has 1 amide bonds. The van der Waals surface area contributed by atoms with Crippen molar-refractivity contribution in [2.24, 2.45) is 0 Å². The monoisotopic (exact) mass is 858 g/mol. The van der Waals surface area contributed by atoms with Crippen LogP contribution in [0.2, 0.25) is 0 Å². The molecule has 0 fully saturated rings. The first-order valence-electron chi connectivity index (χ1n) is 25.6. The van der Waals surface area contributed by atoms with Crippen LogP contribution in [0.1, 0.15) is 251 Å². The maximum Gasteiger partial charge on any atom is 0.472 e. The van der Waals surface area contributed by atoms with Gasteiger partial charge in [-0.3, -0.25) is 13.8 Å². The number of amides is 1. The molecular formula is C50H102N2O6P+. The van der Waals surface area contributed by atoms with Crippen molar-refractivity contribution in [2.75, 3.05) is 40.9 Å². The molecule has 0 aromatic heterocycles. The molecule has 0 bridgehead atoms. The molecule has 3 N–H and O–H groups in total. The van der Waals surface area contributed by atoms with Crippen LogP contribution in [0.25, 0.3) is 0 Å². The van der Waals surface area contributed by atoms with Crippen molar-refractivity contribution in [3.8, 4) is 0 Å². The number of likely N-dealkylation sites (N-methyl/N-ethyl adjacent to an activating group) is 1. The average molecular weight is 858 g/mol. The van der Waals surface area contributed by atoms with Crippen molar-refractivity contribution in [3.63, 3.8) is 0 Å². The number of rotatable bonds is 47. The van der Waals surface area contributed by atoms with Gasteiger partial charge in [0.2, 0.25) is 5.91 Å². The number of carbonyl (C=O) groups is 1. The van der Waals surface area contributed by atoms with Crippen molar-refractivity contribution < 1.29 is 32.9 Å². The number of hydrogen-bond acceptors (Lipinski definition) is 5. The summed E-state index contributed by atoms with van der Waals surface area (Å²) in [5, 5.41) is 13.8. The lowest BCUT2D eigenvalue weighted by Gasteiger charge is -2.25. The van der Waals surface area contributed by atoms with Crippen LogP contribution < -0.4 is 5.32 Å². The van der Waals surface area contributed by atoms with Gasteiger partial charge in [-0.15, -0.1) is 0 Å². The third-order valence-electron chi connectivity index (χ3n) is 11.8. The van der Waals surface area contributed by atoms with E-state index in [9.17, 15) is 19.4 Å². The molecule has 9 heteroatoms. The lowest BCUT2D eigenvalue weighted by Crippen LogP contribution is -2.45. The van der Waals surface area contributed by atoms with Crippen LogP contribution in [0.5, 0.6) is 0 Å². The second-order valence-electron chi connectivity index (χ2n) is 18.9. The SMILES string of the molecule is CCCCCCCCCCCCCCCCCCCCCCCCCCCC/C=C/C(O)C(COP(=O)(O)OCC[N+](C)(C)C)NC(=O)CCCCCCCCCCC. The Kier molecular flexibility index (Phi) is 42.0. The van der Waals surface area contributed by atoms with Gasteiger partial charge in [-0.25, -0.2) is 4.57 Å². The Morgan fingerprint density at radius 3 is 1.25 bits per heavy atom. The zero-order chi connectivity index (χ0) is 43.6. The van der Waals surface area contributed by atoms with Crippen molar-refractivity contribution in [1.29, 1.82) is 0 Å². The Morgan fingerprint density at radius 2 is 0.898 bits per heavy atom. The van der Waals surface area contributed by atoms with Crippen molar-refractivity contribution in [1.82, 2.24) is 5.32 Å². The second-order valence-corrected chi connectivity index (χ2v) is 20.4. The smallest absolute Gasteiger partial charge is 0.387 e. The van der Waals surface area contributed by atoms with Crippen LogP contribution in [-0.2, 0) is 18.4 Å². The van der Waals surface area contributed by atoms with E-state index in [4.69, 9.17) is 9.05 Å². The molecule has 0 rings (SSSR count). The third kappa shape index (κ3) is 45.1. The van der Waals surface area contributed by atoms with Crippen LogP contribution in [0.15, 0.2) is 12.2 Å². The molecule has 0 aliphatic rings. The van der Waals surface area contributed by atoms with Gasteiger partial charge in [-0.05, 0) is 19.3 Å². The molecule has 8 nitrogen and oxygen atoms in total. The van der Waals surface area contributed by atoms with Crippen LogP contribution in [-0.4, -0.2) is 73.4 Å². The summed E-state index contributed by atoms with van der Waals surface area (Å²) in [6.07, 6.45) is 50.3. The number of quaternary nitrogens is 1. The molecule has 0 heterocycles. The Balaban J connectivity index is 4.06. The van der Waals surface area contributed by atoms with Gasteiger partial charge < -0.3 is 19.8 Å². The summed E-state index contributed by atoms with van der Waals surface area (Å²) in [6.45, 7) is 4.81. The highest BCUT2D eigenvalue weighted by molar-refractivity contribution is 7.47. The number of hydrogen-bond donors (Lipinski definition) is 3. The first-order valence-corrected chi connectivity index (χ1v) is 27.1. The minimum atomic E-state index is -4.33. The topological polar surface area (TPSA) is 105 Å². The maximum absolute atomic E-state index is 12.8. The summed E-state index contributed by atoms with van der Waals surface area (Å²) >= 11 is 0. The summed E-state index contributed by atoms with van der Waals surface area (Å²) in [6, 6.07) is -0.839. The normalized spacial score (nSPS) is 14.2. The minimum absolute atomic E-state index is 0.0645. The number of carbonyl (C=O) groups excluding carboxylic acids is 1. The van der Waals surface area contributed by atoms with Crippen molar-refractivity contribution in [3.05, 3.63) is 12.2 Å². The highest BCUT2D eigenvalue weighted by Crippen LogP contribution is 2.43. The highest BCUT2D eigenvalue weighted by Gasteiger charge is 2.27. The lowest BCUT2D eigenvalue weighted by atomic mass is 10.0. The number of allylic oxidation sites excluding steroid dienone is 1. The molecule has 0 saturated heterocycles. The van der Waals surface area contributed by atoms with Crippen molar-refractivity contribution >= 4 is 13.7 Å². The molecule has 0 aromatic carbocycles. The number of unbranched alkanes of at least 4 members (excludes halogenated alkanes) is 34. The number of aliphatic hydroxyl groups is 1. The zero-order valence-corrected chi connectivity index (χ0v) is 40.9. The molecule has 0 aliphatic carbocycles. The fourth-order valence-electron chi connectivity index (χ4n) is 7.69. The Morgan fingerprint density at radius 1 is 0.559 bits per heavy atom. The van der Waals surface area contributed by atoms with Crippen LogP contribution in [0.4, 0.5) is 0 Å². The third-order valence-corrected chi connectivity index (χ3v) is 12.7. The fourth-order valence-corrected chi connectivity index (χ4v) is 8.43.